The summed E-state index contributed by atoms with van der Waals surface area (Å²) in [5, 5.41) is 6.27. The van der Waals surface area contributed by atoms with Gasteiger partial charge in [-0.15, -0.1) is 12.4 Å². The first kappa shape index (κ1) is 16.8. The average molecular weight is 299 g/mol. The summed E-state index contributed by atoms with van der Waals surface area (Å²) in [6.45, 7) is 5.47. The fraction of sp³-hybridized carbons (Fsp3) is 0.533. The highest BCUT2D eigenvalue weighted by Crippen LogP contribution is 2.22. The van der Waals surface area contributed by atoms with Crippen molar-refractivity contribution in [3.63, 3.8) is 0 Å². The van der Waals surface area contributed by atoms with Crippen molar-refractivity contribution < 1.29 is 9.53 Å². The van der Waals surface area contributed by atoms with Gasteiger partial charge in [0, 0.05) is 5.69 Å². The summed E-state index contributed by atoms with van der Waals surface area (Å²) < 4.78 is 5.38. The predicted molar refractivity (Wildman–Crippen MR) is 83.7 cm³/mol. The number of amides is 1. The van der Waals surface area contributed by atoms with E-state index in [-0.39, 0.29) is 18.3 Å². The van der Waals surface area contributed by atoms with Gasteiger partial charge in [-0.1, -0.05) is 0 Å². The fourth-order valence-corrected chi connectivity index (χ4v) is 2.32. The molecule has 5 heteroatoms. The van der Waals surface area contributed by atoms with Crippen LogP contribution in [0.3, 0.4) is 0 Å². The summed E-state index contributed by atoms with van der Waals surface area (Å²) in [5.74, 6) is 0.860. The maximum absolute atomic E-state index is 12.3. The number of carbonyl (C=O) groups is 1. The predicted octanol–water partition coefficient (Wildman–Crippen LogP) is 2.98. The highest BCUT2D eigenvalue weighted by atomic mass is 35.5. The third-order valence-corrected chi connectivity index (χ3v) is 3.54. The first-order chi connectivity index (χ1) is 9.14. The summed E-state index contributed by atoms with van der Waals surface area (Å²) in [7, 11) is 0. The van der Waals surface area contributed by atoms with E-state index in [4.69, 9.17) is 4.74 Å². The number of ether oxygens (including phenoxy) is 1. The van der Waals surface area contributed by atoms with Gasteiger partial charge in [-0.05, 0) is 63.9 Å². The maximum atomic E-state index is 12.3. The minimum absolute atomic E-state index is 0. The van der Waals surface area contributed by atoms with E-state index in [1.165, 1.54) is 0 Å². The van der Waals surface area contributed by atoms with E-state index in [0.29, 0.717) is 6.61 Å². The second-order valence-corrected chi connectivity index (χ2v) is 5.13. The standard InChI is InChI=1S/C15H22N2O2.ClH/c1-3-19-13-8-6-12(7-9-13)17-14(18)15(2)10-4-5-11-16-15;/h6-9,16H,3-5,10-11H2,1-2H3,(H,17,18);1H. The van der Waals surface area contributed by atoms with Crippen molar-refractivity contribution in [2.75, 3.05) is 18.5 Å². The number of benzene rings is 1. The van der Waals surface area contributed by atoms with Crippen LogP contribution >= 0.6 is 12.4 Å². The molecule has 0 aliphatic carbocycles. The van der Waals surface area contributed by atoms with E-state index in [9.17, 15) is 4.79 Å². The Kier molecular flexibility index (Phi) is 6.30. The monoisotopic (exact) mass is 298 g/mol. The molecule has 112 valence electrons. The van der Waals surface area contributed by atoms with Gasteiger partial charge in [-0.3, -0.25) is 4.79 Å². The molecule has 1 heterocycles. The molecule has 2 N–H and O–H groups in total. The van der Waals surface area contributed by atoms with Gasteiger partial charge in [-0.25, -0.2) is 0 Å². The minimum Gasteiger partial charge on any atom is -0.494 e. The molecule has 0 aromatic heterocycles. The zero-order valence-corrected chi connectivity index (χ0v) is 12.9. The molecule has 1 aliphatic rings. The molecule has 1 unspecified atom stereocenters. The zero-order valence-electron chi connectivity index (χ0n) is 12.1. The number of piperidine rings is 1. The molecule has 1 aliphatic heterocycles. The molecule has 0 bridgehead atoms. The molecule has 0 spiro atoms. The van der Waals surface area contributed by atoms with Crippen molar-refractivity contribution in [1.82, 2.24) is 5.32 Å². The van der Waals surface area contributed by atoms with Crippen LogP contribution in [0.2, 0.25) is 0 Å². The van der Waals surface area contributed by atoms with Gasteiger partial charge >= 0.3 is 0 Å². The van der Waals surface area contributed by atoms with Gasteiger partial charge in [0.25, 0.3) is 0 Å². The number of carbonyl (C=O) groups excluding carboxylic acids is 1. The van der Waals surface area contributed by atoms with Crippen LogP contribution in [0.25, 0.3) is 0 Å². The molecule has 1 amide bonds. The number of nitrogens with one attached hydrogen (secondary N) is 2. The lowest BCUT2D eigenvalue weighted by atomic mass is 9.90. The molecule has 20 heavy (non-hydrogen) atoms. The van der Waals surface area contributed by atoms with Crippen molar-refractivity contribution in [3.05, 3.63) is 24.3 Å². The first-order valence-corrected chi connectivity index (χ1v) is 6.93. The number of rotatable bonds is 4. The summed E-state index contributed by atoms with van der Waals surface area (Å²) in [4.78, 5) is 12.3. The van der Waals surface area contributed by atoms with E-state index in [0.717, 1.165) is 37.2 Å². The second kappa shape index (κ2) is 7.50. The Morgan fingerprint density at radius 3 is 2.60 bits per heavy atom. The first-order valence-electron chi connectivity index (χ1n) is 6.93. The van der Waals surface area contributed by atoms with E-state index in [1.807, 2.05) is 38.1 Å². The maximum Gasteiger partial charge on any atom is 0.244 e. The number of hydrogen-bond donors (Lipinski definition) is 2. The number of halogens is 1. The number of hydrogen-bond acceptors (Lipinski definition) is 3. The van der Waals surface area contributed by atoms with Crippen molar-refractivity contribution in [3.8, 4) is 5.75 Å². The Labute approximate surface area is 126 Å². The van der Waals surface area contributed by atoms with Crippen LogP contribution in [0, 0.1) is 0 Å². The molecule has 1 atom stereocenters. The molecule has 1 fully saturated rings. The van der Waals surface area contributed by atoms with E-state index >= 15 is 0 Å². The second-order valence-electron chi connectivity index (χ2n) is 5.13. The molecule has 1 aromatic rings. The topological polar surface area (TPSA) is 50.4 Å². The Hall–Kier alpha value is -1.26. The van der Waals surface area contributed by atoms with Crippen LogP contribution in [0.15, 0.2) is 24.3 Å². The molecular formula is C15H23ClN2O2. The Morgan fingerprint density at radius 2 is 2.05 bits per heavy atom. The highest BCUT2D eigenvalue weighted by molar-refractivity contribution is 5.97. The van der Waals surface area contributed by atoms with Crippen molar-refractivity contribution in [1.29, 1.82) is 0 Å². The Bertz CT molecular complexity index is 428. The molecule has 2 rings (SSSR count). The lowest BCUT2D eigenvalue weighted by molar-refractivity contribution is -0.122. The highest BCUT2D eigenvalue weighted by Gasteiger charge is 2.34. The largest absolute Gasteiger partial charge is 0.494 e. The van der Waals surface area contributed by atoms with Gasteiger partial charge in [0.05, 0.1) is 12.1 Å². The average Bonchev–Trinajstić information content (AvgIpc) is 2.42. The van der Waals surface area contributed by atoms with Crippen molar-refractivity contribution >= 4 is 24.0 Å². The van der Waals surface area contributed by atoms with Crippen molar-refractivity contribution in [2.24, 2.45) is 0 Å². The summed E-state index contributed by atoms with van der Waals surface area (Å²) in [5.41, 5.74) is 0.360. The van der Waals surface area contributed by atoms with Crippen LogP contribution in [0.5, 0.6) is 5.75 Å². The summed E-state index contributed by atoms with van der Waals surface area (Å²) in [6.07, 6.45) is 3.13. The normalized spacial score (nSPS) is 21.7. The van der Waals surface area contributed by atoms with Crippen LogP contribution in [-0.2, 0) is 4.79 Å². The van der Waals surface area contributed by atoms with E-state index in [1.54, 1.807) is 0 Å². The van der Waals surface area contributed by atoms with Gasteiger partial charge < -0.3 is 15.4 Å². The molecule has 1 aromatic carbocycles. The molecule has 0 saturated carbocycles. The van der Waals surface area contributed by atoms with Crippen LogP contribution in [0.1, 0.15) is 33.1 Å². The smallest absolute Gasteiger partial charge is 0.244 e. The Morgan fingerprint density at radius 1 is 1.35 bits per heavy atom. The van der Waals surface area contributed by atoms with Gasteiger partial charge in [-0.2, -0.15) is 0 Å². The van der Waals surface area contributed by atoms with Gasteiger partial charge in [0.1, 0.15) is 5.75 Å². The summed E-state index contributed by atoms with van der Waals surface area (Å²) >= 11 is 0. The zero-order chi connectivity index (χ0) is 13.7. The van der Waals surface area contributed by atoms with Gasteiger partial charge in [0.2, 0.25) is 5.91 Å². The third-order valence-electron chi connectivity index (χ3n) is 3.54. The van der Waals surface area contributed by atoms with E-state index in [2.05, 4.69) is 10.6 Å². The lowest BCUT2D eigenvalue weighted by Gasteiger charge is -2.33. The van der Waals surface area contributed by atoms with Crippen LogP contribution in [0.4, 0.5) is 5.69 Å². The van der Waals surface area contributed by atoms with E-state index < -0.39 is 5.54 Å². The lowest BCUT2D eigenvalue weighted by Crippen LogP contribution is -2.54. The third kappa shape index (κ3) is 4.12. The summed E-state index contributed by atoms with van der Waals surface area (Å²) in [6, 6.07) is 7.48. The van der Waals surface area contributed by atoms with Crippen molar-refractivity contribution in [2.45, 2.75) is 38.6 Å². The minimum atomic E-state index is -0.448. The quantitative estimate of drug-likeness (QED) is 0.898. The molecule has 0 radical (unpaired) electrons. The van der Waals surface area contributed by atoms with Crippen LogP contribution in [-0.4, -0.2) is 24.6 Å². The SMILES string of the molecule is CCOc1ccc(NC(=O)C2(C)CCCCN2)cc1.Cl. The molecular weight excluding hydrogens is 276 g/mol. The number of anilines is 1. The Balaban J connectivity index is 0.00000200. The fourth-order valence-electron chi connectivity index (χ4n) is 2.32. The van der Waals surface area contributed by atoms with Crippen LogP contribution < -0.4 is 15.4 Å². The van der Waals surface area contributed by atoms with Gasteiger partial charge in [0.15, 0.2) is 0 Å². The molecule has 4 nitrogen and oxygen atoms in total. The molecule has 1 saturated heterocycles.